The fraction of sp³-hybridized carbons (Fsp3) is 0.115. The number of rotatable bonds is 8. The zero-order valence-corrected chi connectivity index (χ0v) is 24.4. The molecule has 0 amide bonds. The van der Waals surface area contributed by atoms with E-state index >= 15 is 0 Å². The Balaban J connectivity index is 1.46. The van der Waals surface area contributed by atoms with E-state index in [2.05, 4.69) is 35.8 Å². The predicted molar refractivity (Wildman–Crippen MR) is 160 cm³/mol. The number of aromatic hydroxyl groups is 1. The number of nitrogens with zero attached hydrogens (tertiary/aromatic N) is 5. The number of nitrogens with one attached hydrogen (secondary N) is 2. The van der Waals surface area contributed by atoms with Crippen molar-refractivity contribution in [2.24, 2.45) is 16.1 Å². The van der Waals surface area contributed by atoms with Gasteiger partial charge in [-0.3, -0.25) is 9.11 Å². The van der Waals surface area contributed by atoms with Gasteiger partial charge in [0.1, 0.15) is 10.6 Å². The number of phenols is 1. The van der Waals surface area contributed by atoms with Crippen LogP contribution in [-0.4, -0.2) is 52.0 Å². The Kier molecular flexibility index (Phi) is 8.13. The lowest BCUT2D eigenvalue weighted by atomic mass is 9.97. The number of phenolic OH excluding ortho intramolecular Hbond substituents is 1. The number of allylic oxidation sites excluding steroid dienone is 1. The van der Waals surface area contributed by atoms with Gasteiger partial charge in [-0.2, -0.15) is 36.9 Å². The maximum absolute atomic E-state index is 12.2. The van der Waals surface area contributed by atoms with E-state index in [0.717, 1.165) is 6.07 Å². The molecule has 1 aliphatic rings. The lowest BCUT2D eigenvalue weighted by Gasteiger charge is -2.23. The number of aromatic nitrogens is 3. The molecule has 0 saturated carbocycles. The summed E-state index contributed by atoms with van der Waals surface area (Å²) in [4.78, 5) is 11.4. The zero-order chi connectivity index (χ0) is 30.9. The number of benzene rings is 3. The highest BCUT2D eigenvalue weighted by Gasteiger charge is 2.24. The van der Waals surface area contributed by atoms with Gasteiger partial charge in [-0.25, -0.2) is 0 Å². The third-order valence-electron chi connectivity index (χ3n) is 6.28. The van der Waals surface area contributed by atoms with Gasteiger partial charge < -0.3 is 15.7 Å². The average molecular weight is 644 g/mol. The Hall–Kier alpha value is -4.48. The lowest BCUT2D eigenvalue weighted by molar-refractivity contribution is 0.472. The van der Waals surface area contributed by atoms with Crippen LogP contribution in [-0.2, 0) is 20.2 Å². The van der Waals surface area contributed by atoms with Gasteiger partial charge in [-0.1, -0.05) is 31.2 Å². The summed E-state index contributed by atoms with van der Waals surface area (Å²) >= 11 is 6.10. The Morgan fingerprint density at radius 2 is 1.63 bits per heavy atom. The van der Waals surface area contributed by atoms with Crippen molar-refractivity contribution in [1.29, 1.82) is 0 Å². The molecule has 0 spiro atoms. The van der Waals surface area contributed by atoms with E-state index in [0.29, 0.717) is 11.4 Å². The maximum Gasteiger partial charge on any atom is 0.296 e. The molecular weight excluding hydrogens is 622 g/mol. The normalized spacial score (nSPS) is 17.3. The average Bonchev–Trinajstić information content (AvgIpc) is 2.92. The standard InChI is InChI=1S/C26H22ClN7O7S2/c1-14-7-9-18(42(36,37)38)13-20(14)29-26-31-24(27)30-25(32-26)28-17-8-10-19-15(11-17)12-21(43(39,40)41)22(23(19)35)34-33-16-5-3-2-4-6-16/h2-14,20,35H,1H3,(H,36,37,38)(H,39,40,41)(H2,28,29,30,31,32). The Morgan fingerprint density at radius 3 is 2.33 bits per heavy atom. The van der Waals surface area contributed by atoms with Crippen molar-refractivity contribution in [2.75, 3.05) is 10.6 Å². The Bertz CT molecular complexity index is 2040. The van der Waals surface area contributed by atoms with E-state index in [4.69, 9.17) is 11.6 Å². The van der Waals surface area contributed by atoms with Crippen LogP contribution < -0.4 is 10.6 Å². The largest absolute Gasteiger partial charge is 0.505 e. The van der Waals surface area contributed by atoms with Crippen LogP contribution in [0.2, 0.25) is 5.28 Å². The molecule has 0 saturated heterocycles. The van der Waals surface area contributed by atoms with Gasteiger partial charge in [-0.15, -0.1) is 5.11 Å². The first-order chi connectivity index (χ1) is 20.3. The number of azo groups is 1. The van der Waals surface area contributed by atoms with Crippen molar-refractivity contribution >= 4 is 71.6 Å². The van der Waals surface area contributed by atoms with Gasteiger partial charge in [0.25, 0.3) is 20.2 Å². The maximum atomic E-state index is 12.2. The molecule has 5 rings (SSSR count). The summed E-state index contributed by atoms with van der Waals surface area (Å²) in [6.45, 7) is 1.81. The number of hydrogen-bond donors (Lipinski definition) is 5. The summed E-state index contributed by atoms with van der Waals surface area (Å²) in [6, 6.07) is 13.5. The molecule has 0 aliphatic heterocycles. The van der Waals surface area contributed by atoms with Gasteiger partial charge in [0.15, 0.2) is 5.75 Å². The molecule has 0 fully saturated rings. The molecule has 1 aliphatic carbocycles. The summed E-state index contributed by atoms with van der Waals surface area (Å²) in [5.41, 5.74) is 0.317. The van der Waals surface area contributed by atoms with Crippen molar-refractivity contribution in [1.82, 2.24) is 15.0 Å². The van der Waals surface area contributed by atoms with Crippen molar-refractivity contribution in [2.45, 2.75) is 17.9 Å². The third kappa shape index (κ3) is 6.95. The van der Waals surface area contributed by atoms with Crippen LogP contribution in [0.25, 0.3) is 10.8 Å². The van der Waals surface area contributed by atoms with Crippen LogP contribution in [0.4, 0.5) is 29.0 Å². The van der Waals surface area contributed by atoms with Crippen molar-refractivity contribution < 1.29 is 31.0 Å². The minimum absolute atomic E-state index is 0.00102. The molecule has 43 heavy (non-hydrogen) atoms. The summed E-state index contributed by atoms with van der Waals surface area (Å²) in [5, 5.41) is 24.9. The molecule has 1 heterocycles. The van der Waals surface area contributed by atoms with E-state index < -0.39 is 42.6 Å². The van der Waals surface area contributed by atoms with Gasteiger partial charge in [0.05, 0.1) is 16.6 Å². The molecule has 0 bridgehead atoms. The number of halogens is 1. The van der Waals surface area contributed by atoms with Crippen molar-refractivity contribution in [3.8, 4) is 5.75 Å². The summed E-state index contributed by atoms with van der Waals surface area (Å²) in [7, 11) is -9.25. The molecule has 3 aromatic carbocycles. The van der Waals surface area contributed by atoms with Gasteiger partial charge >= 0.3 is 0 Å². The zero-order valence-electron chi connectivity index (χ0n) is 22.0. The van der Waals surface area contributed by atoms with Crippen LogP contribution in [0.5, 0.6) is 5.75 Å². The van der Waals surface area contributed by atoms with E-state index in [1.165, 1.54) is 24.3 Å². The van der Waals surface area contributed by atoms with Gasteiger partial charge in [0, 0.05) is 11.1 Å². The van der Waals surface area contributed by atoms with Crippen LogP contribution in [0.1, 0.15) is 6.92 Å². The Labute approximate surface area is 250 Å². The fourth-order valence-electron chi connectivity index (χ4n) is 4.17. The van der Waals surface area contributed by atoms with Crippen molar-refractivity contribution in [3.63, 3.8) is 0 Å². The molecule has 2 unspecified atom stereocenters. The first kappa shape index (κ1) is 30.0. The molecule has 2 atom stereocenters. The monoisotopic (exact) mass is 643 g/mol. The molecule has 0 radical (unpaired) electrons. The summed E-state index contributed by atoms with van der Waals surface area (Å²) in [5.74, 6) is -0.729. The summed E-state index contributed by atoms with van der Waals surface area (Å²) in [6.07, 6.45) is 4.22. The number of fused-ring (bicyclic) bond motifs is 1. The summed E-state index contributed by atoms with van der Waals surface area (Å²) < 4.78 is 66.8. The highest BCUT2D eigenvalue weighted by Crippen LogP contribution is 2.42. The topological polar surface area (TPSA) is 216 Å². The van der Waals surface area contributed by atoms with E-state index in [1.807, 2.05) is 6.92 Å². The van der Waals surface area contributed by atoms with Crippen LogP contribution in [0.3, 0.4) is 0 Å². The Morgan fingerprint density at radius 1 is 0.907 bits per heavy atom. The minimum atomic E-state index is -4.82. The lowest BCUT2D eigenvalue weighted by Crippen LogP contribution is -2.28. The first-order valence-electron chi connectivity index (χ1n) is 12.3. The quantitative estimate of drug-likeness (QED) is 0.118. The highest BCUT2D eigenvalue weighted by molar-refractivity contribution is 7.90. The molecule has 5 N–H and O–H groups in total. The molecule has 17 heteroatoms. The van der Waals surface area contributed by atoms with Crippen LogP contribution in [0, 0.1) is 5.92 Å². The second-order valence-corrected chi connectivity index (χ2v) is 12.5. The van der Waals surface area contributed by atoms with Crippen LogP contribution in [0.15, 0.2) is 92.9 Å². The van der Waals surface area contributed by atoms with E-state index in [1.54, 1.807) is 42.5 Å². The molecule has 1 aromatic heterocycles. The predicted octanol–water partition coefficient (Wildman–Crippen LogP) is 5.55. The van der Waals surface area contributed by atoms with Gasteiger partial charge in [-0.05, 0) is 71.5 Å². The smallest absolute Gasteiger partial charge is 0.296 e. The minimum Gasteiger partial charge on any atom is -0.505 e. The molecule has 222 valence electrons. The second kappa shape index (κ2) is 11.7. The fourth-order valence-corrected chi connectivity index (χ4v) is 5.56. The first-order valence-corrected chi connectivity index (χ1v) is 15.6. The molecule has 14 nitrogen and oxygen atoms in total. The number of hydrogen-bond acceptors (Lipinski definition) is 12. The second-order valence-electron chi connectivity index (χ2n) is 9.33. The SMILES string of the molecule is CC1C=CC(S(=O)(=O)O)=CC1Nc1nc(Cl)nc(Nc2ccc3c(O)c(N=Nc4ccccc4)c(S(=O)(=O)O)cc3c2)n1. The highest BCUT2D eigenvalue weighted by atomic mass is 35.5. The molecular formula is C26H22ClN7O7S2. The molecule has 4 aromatic rings. The van der Waals surface area contributed by atoms with Crippen LogP contribution >= 0.6 is 11.6 Å². The third-order valence-corrected chi connectivity index (χ3v) is 8.19. The van der Waals surface area contributed by atoms with E-state index in [-0.39, 0.29) is 38.8 Å². The van der Waals surface area contributed by atoms with Crippen molar-refractivity contribution in [3.05, 3.63) is 83.0 Å². The van der Waals surface area contributed by atoms with E-state index in [9.17, 15) is 31.0 Å². The van der Waals surface area contributed by atoms with Gasteiger partial charge in [0.2, 0.25) is 17.2 Å². The number of anilines is 3.